The lowest BCUT2D eigenvalue weighted by Gasteiger charge is -2.36. The van der Waals surface area contributed by atoms with E-state index in [2.05, 4.69) is 74.8 Å². The summed E-state index contributed by atoms with van der Waals surface area (Å²) in [6, 6.07) is 10.6. The number of allylic oxidation sites excluding steroid dienone is 2. The maximum absolute atomic E-state index is 13.5. The first kappa shape index (κ1) is 22.6. The zero-order valence-electron chi connectivity index (χ0n) is 20.9. The summed E-state index contributed by atoms with van der Waals surface area (Å²) in [6.07, 6.45) is 1.92. The van der Waals surface area contributed by atoms with Crippen LogP contribution in [0, 0.1) is 28.6 Å². The lowest BCUT2D eigenvalue weighted by molar-refractivity contribution is -0.142. The number of hydrogen-bond donors (Lipinski definition) is 0. The molecule has 4 aliphatic rings. The number of unbranched alkanes of at least 4 members (excludes halogenated alkanes) is 1. The summed E-state index contributed by atoms with van der Waals surface area (Å²) in [5.74, 6) is 0.182. The number of piperazine rings is 1. The Balaban J connectivity index is 1.14. The third kappa shape index (κ3) is 3.07. The molecule has 0 radical (unpaired) electrons. The van der Waals surface area contributed by atoms with Crippen LogP contribution in [-0.4, -0.2) is 60.9 Å². The van der Waals surface area contributed by atoms with Crippen molar-refractivity contribution in [2.75, 3.05) is 44.2 Å². The van der Waals surface area contributed by atoms with Gasteiger partial charge >= 0.3 is 0 Å². The Bertz CT molecular complexity index is 936. The highest BCUT2D eigenvalue weighted by atomic mass is 16.2. The summed E-state index contributed by atoms with van der Waals surface area (Å²) >= 11 is 0. The topological polar surface area (TPSA) is 43.9 Å². The molecule has 5 nitrogen and oxygen atoms in total. The molecule has 2 bridgehead atoms. The number of carbonyl (C=O) groups excluding carboxylic acids is 2. The molecule has 5 heteroatoms. The summed E-state index contributed by atoms with van der Waals surface area (Å²) in [6.45, 7) is 16.9. The van der Waals surface area contributed by atoms with Gasteiger partial charge in [-0.25, -0.2) is 0 Å². The van der Waals surface area contributed by atoms with Gasteiger partial charge in [0.25, 0.3) is 0 Å². The second kappa shape index (κ2) is 7.97. The van der Waals surface area contributed by atoms with E-state index < -0.39 is 0 Å². The number of fused-ring (bicyclic) bond motifs is 5. The molecule has 2 heterocycles. The molecule has 3 fully saturated rings. The summed E-state index contributed by atoms with van der Waals surface area (Å²) in [5.41, 5.74) is 3.64. The van der Waals surface area contributed by atoms with Crippen molar-refractivity contribution < 1.29 is 9.59 Å². The SMILES string of the molecule is CC1=C(C)[C@]2(C)C3C(=O)N(CCCCN4CCN(c5ccccc5)CC4)C(=O)C3[C@@]1(C)C2C. The fourth-order valence-electron chi connectivity index (χ4n) is 7.71. The van der Waals surface area contributed by atoms with E-state index in [4.69, 9.17) is 0 Å². The molecule has 1 saturated carbocycles. The van der Waals surface area contributed by atoms with E-state index in [1.165, 1.54) is 16.8 Å². The fourth-order valence-corrected chi connectivity index (χ4v) is 7.71. The lowest BCUT2D eigenvalue weighted by Crippen LogP contribution is -2.46. The summed E-state index contributed by atoms with van der Waals surface area (Å²) in [7, 11) is 0. The quantitative estimate of drug-likeness (QED) is 0.371. The van der Waals surface area contributed by atoms with Crippen LogP contribution >= 0.6 is 0 Å². The van der Waals surface area contributed by atoms with Crippen LogP contribution in [0.4, 0.5) is 5.69 Å². The highest BCUT2D eigenvalue weighted by Crippen LogP contribution is 2.74. The molecule has 1 aromatic rings. The third-order valence-corrected chi connectivity index (χ3v) is 10.3. The van der Waals surface area contributed by atoms with Gasteiger partial charge in [0.1, 0.15) is 0 Å². The number of benzene rings is 1. The van der Waals surface area contributed by atoms with Crippen LogP contribution in [0.25, 0.3) is 0 Å². The minimum Gasteiger partial charge on any atom is -0.369 e. The molecule has 2 amide bonds. The first-order valence-corrected chi connectivity index (χ1v) is 12.8. The van der Waals surface area contributed by atoms with Crippen LogP contribution < -0.4 is 4.90 Å². The maximum atomic E-state index is 13.5. The number of para-hydroxylation sites is 1. The van der Waals surface area contributed by atoms with E-state index in [0.717, 1.165) is 45.6 Å². The molecule has 5 atom stereocenters. The van der Waals surface area contributed by atoms with E-state index in [0.29, 0.717) is 12.5 Å². The Labute approximate surface area is 198 Å². The lowest BCUT2D eigenvalue weighted by atomic mass is 9.66. The van der Waals surface area contributed by atoms with Crippen molar-refractivity contribution in [1.29, 1.82) is 0 Å². The molecule has 0 spiro atoms. The molecule has 1 aromatic carbocycles. The Morgan fingerprint density at radius 1 is 0.818 bits per heavy atom. The average molecular weight is 450 g/mol. The van der Waals surface area contributed by atoms with Gasteiger partial charge in [-0.15, -0.1) is 0 Å². The normalized spacial score (nSPS) is 36.3. The molecule has 0 N–H and O–H groups in total. The molecule has 5 rings (SSSR count). The molecular formula is C28H39N3O2. The van der Waals surface area contributed by atoms with Crippen LogP contribution in [0.2, 0.25) is 0 Å². The number of anilines is 1. The van der Waals surface area contributed by atoms with Gasteiger partial charge in [0, 0.05) is 49.2 Å². The number of nitrogens with zero attached hydrogens (tertiary/aromatic N) is 3. The largest absolute Gasteiger partial charge is 0.369 e. The summed E-state index contributed by atoms with van der Waals surface area (Å²) < 4.78 is 0. The molecular weight excluding hydrogens is 410 g/mol. The van der Waals surface area contributed by atoms with Crippen molar-refractivity contribution in [2.24, 2.45) is 28.6 Å². The predicted octanol–water partition coefficient (Wildman–Crippen LogP) is 4.20. The van der Waals surface area contributed by atoms with Crippen molar-refractivity contribution in [3.05, 3.63) is 41.5 Å². The van der Waals surface area contributed by atoms with Gasteiger partial charge in [-0.2, -0.15) is 0 Å². The van der Waals surface area contributed by atoms with E-state index in [1.807, 2.05) is 0 Å². The van der Waals surface area contributed by atoms with Crippen LogP contribution in [0.3, 0.4) is 0 Å². The van der Waals surface area contributed by atoms with Crippen molar-refractivity contribution >= 4 is 17.5 Å². The van der Waals surface area contributed by atoms with Crippen LogP contribution in [0.15, 0.2) is 41.5 Å². The monoisotopic (exact) mass is 449 g/mol. The molecule has 33 heavy (non-hydrogen) atoms. The highest BCUT2D eigenvalue weighted by Gasteiger charge is 2.75. The van der Waals surface area contributed by atoms with E-state index in [-0.39, 0.29) is 34.5 Å². The zero-order chi connectivity index (χ0) is 23.5. The molecule has 2 aliphatic heterocycles. The van der Waals surface area contributed by atoms with Gasteiger partial charge in [-0.05, 0) is 51.3 Å². The minimum absolute atomic E-state index is 0.0893. The molecule has 3 unspecified atom stereocenters. The molecule has 2 aliphatic carbocycles. The second-order valence-corrected chi connectivity index (χ2v) is 11.2. The number of carbonyl (C=O) groups is 2. The van der Waals surface area contributed by atoms with Gasteiger partial charge in [0.15, 0.2) is 0 Å². The number of likely N-dealkylation sites (tertiary alicyclic amines) is 1. The number of imide groups is 1. The van der Waals surface area contributed by atoms with Crippen LogP contribution in [0.1, 0.15) is 47.5 Å². The number of amides is 2. The molecule has 2 saturated heterocycles. The van der Waals surface area contributed by atoms with E-state index in [9.17, 15) is 9.59 Å². The fraction of sp³-hybridized carbons (Fsp3) is 0.643. The van der Waals surface area contributed by atoms with Crippen molar-refractivity contribution in [1.82, 2.24) is 9.80 Å². The van der Waals surface area contributed by atoms with Gasteiger partial charge in [0.05, 0.1) is 11.8 Å². The maximum Gasteiger partial charge on any atom is 0.234 e. The van der Waals surface area contributed by atoms with Gasteiger partial charge < -0.3 is 4.90 Å². The minimum atomic E-state index is -0.177. The number of hydrogen-bond acceptors (Lipinski definition) is 4. The van der Waals surface area contributed by atoms with Gasteiger partial charge in [-0.3, -0.25) is 19.4 Å². The number of rotatable bonds is 6. The van der Waals surface area contributed by atoms with Crippen molar-refractivity contribution in [3.63, 3.8) is 0 Å². The first-order valence-electron chi connectivity index (χ1n) is 12.8. The van der Waals surface area contributed by atoms with E-state index >= 15 is 0 Å². The first-order chi connectivity index (χ1) is 15.7. The Morgan fingerprint density at radius 2 is 1.33 bits per heavy atom. The van der Waals surface area contributed by atoms with Crippen LogP contribution in [-0.2, 0) is 9.59 Å². The summed E-state index contributed by atoms with van der Waals surface area (Å²) in [4.78, 5) is 33.5. The Morgan fingerprint density at radius 3 is 1.88 bits per heavy atom. The van der Waals surface area contributed by atoms with Crippen molar-refractivity contribution in [2.45, 2.75) is 47.5 Å². The second-order valence-electron chi connectivity index (χ2n) is 11.2. The third-order valence-electron chi connectivity index (χ3n) is 10.3. The predicted molar refractivity (Wildman–Crippen MR) is 132 cm³/mol. The highest BCUT2D eigenvalue weighted by molar-refractivity contribution is 6.07. The Hall–Kier alpha value is -2.14. The van der Waals surface area contributed by atoms with Crippen LogP contribution in [0.5, 0.6) is 0 Å². The summed E-state index contributed by atoms with van der Waals surface area (Å²) in [5, 5.41) is 0. The smallest absolute Gasteiger partial charge is 0.234 e. The average Bonchev–Trinajstić information content (AvgIpc) is 3.25. The zero-order valence-corrected chi connectivity index (χ0v) is 20.9. The van der Waals surface area contributed by atoms with Gasteiger partial charge in [-0.1, -0.05) is 50.1 Å². The van der Waals surface area contributed by atoms with E-state index in [1.54, 1.807) is 4.90 Å². The van der Waals surface area contributed by atoms with Crippen molar-refractivity contribution in [3.8, 4) is 0 Å². The Kier molecular flexibility index (Phi) is 5.47. The molecule has 0 aromatic heterocycles. The van der Waals surface area contributed by atoms with Gasteiger partial charge in [0.2, 0.25) is 11.8 Å². The molecule has 178 valence electrons. The standard InChI is InChI=1S/C28H39N3O2/c1-19-20(2)28(5)21(3)27(19,4)23-24(28)26(33)31(25(23)32)14-10-9-13-29-15-17-30(18-16-29)22-11-7-6-8-12-22/h6-8,11-12,21,23-24H,9-10,13-18H2,1-5H3/t21?,23?,24?,27-,28+.